The van der Waals surface area contributed by atoms with E-state index in [0.717, 1.165) is 31.5 Å². The maximum Gasteiger partial charge on any atom is 0.307 e. The number of likely N-dealkylation sites (tertiary alicyclic amines) is 1. The van der Waals surface area contributed by atoms with Gasteiger partial charge in [0, 0.05) is 17.4 Å². The minimum Gasteiger partial charge on any atom is -0.481 e. The van der Waals surface area contributed by atoms with Crippen LogP contribution in [0.15, 0.2) is 48.0 Å². The highest BCUT2D eigenvalue weighted by atomic mass is 32.1. The number of aliphatic carboxylic acids is 1. The number of fused-ring (bicyclic) bond motifs is 1. The van der Waals surface area contributed by atoms with E-state index in [-0.39, 0.29) is 12.0 Å². The molecule has 5 heteroatoms. The Morgan fingerprint density at radius 2 is 2.19 bits per heavy atom. The Morgan fingerprint density at radius 3 is 2.93 bits per heavy atom. The fourth-order valence-electron chi connectivity index (χ4n) is 4.00. The highest BCUT2D eigenvalue weighted by Gasteiger charge is 2.33. The Hall–Kier alpha value is -2.24. The van der Waals surface area contributed by atoms with Crippen molar-refractivity contribution in [3.63, 3.8) is 0 Å². The molecular formula is C22H24N2O2S. The van der Waals surface area contributed by atoms with Crippen LogP contribution in [0.4, 0.5) is 0 Å². The first-order valence-electron chi connectivity index (χ1n) is 9.55. The van der Waals surface area contributed by atoms with E-state index < -0.39 is 5.97 Å². The van der Waals surface area contributed by atoms with E-state index in [0.29, 0.717) is 6.54 Å². The molecule has 0 bridgehead atoms. The van der Waals surface area contributed by atoms with Gasteiger partial charge in [-0.05, 0) is 59.8 Å². The second kappa shape index (κ2) is 7.79. The van der Waals surface area contributed by atoms with Crippen LogP contribution in [0.3, 0.4) is 0 Å². The number of thiophene rings is 1. The van der Waals surface area contributed by atoms with E-state index in [1.54, 1.807) is 11.3 Å². The Bertz CT molecular complexity index is 935. The number of carbonyl (C=O) groups is 1. The summed E-state index contributed by atoms with van der Waals surface area (Å²) in [6.45, 7) is 3.60. The van der Waals surface area contributed by atoms with Crippen LogP contribution in [-0.4, -0.2) is 34.0 Å². The van der Waals surface area contributed by atoms with Gasteiger partial charge >= 0.3 is 5.97 Å². The fourth-order valence-corrected chi connectivity index (χ4v) is 4.98. The Balaban J connectivity index is 1.78. The summed E-state index contributed by atoms with van der Waals surface area (Å²) in [5.41, 5.74) is 3.45. The zero-order valence-electron chi connectivity index (χ0n) is 15.5. The number of rotatable bonds is 5. The predicted octanol–water partition coefficient (Wildman–Crippen LogP) is 4.74. The summed E-state index contributed by atoms with van der Waals surface area (Å²) in [5, 5.41) is 13.0. The molecule has 140 valence electrons. The van der Waals surface area contributed by atoms with E-state index in [9.17, 15) is 9.90 Å². The van der Waals surface area contributed by atoms with Crippen LogP contribution in [0, 0.1) is 5.92 Å². The third kappa shape index (κ3) is 3.62. The highest BCUT2D eigenvalue weighted by molar-refractivity contribution is 7.17. The topological polar surface area (TPSA) is 53.4 Å². The molecule has 4 rings (SSSR count). The van der Waals surface area contributed by atoms with Crippen molar-refractivity contribution in [2.75, 3.05) is 13.1 Å². The van der Waals surface area contributed by atoms with Crippen LogP contribution in [0.1, 0.15) is 42.6 Å². The summed E-state index contributed by atoms with van der Waals surface area (Å²) in [5.74, 6) is -0.996. The van der Waals surface area contributed by atoms with Crippen molar-refractivity contribution in [3.05, 3.63) is 64.8 Å². The number of nitrogens with zero attached hydrogens (tertiary/aromatic N) is 2. The lowest BCUT2D eigenvalue weighted by Gasteiger charge is -2.37. The van der Waals surface area contributed by atoms with Crippen LogP contribution < -0.4 is 0 Å². The lowest BCUT2D eigenvalue weighted by molar-refractivity contribution is -0.143. The van der Waals surface area contributed by atoms with Crippen molar-refractivity contribution >= 4 is 27.4 Å². The first kappa shape index (κ1) is 18.1. The number of piperidine rings is 1. The minimum absolute atomic E-state index is 0.00536. The van der Waals surface area contributed by atoms with Gasteiger partial charge in [-0.3, -0.25) is 14.7 Å². The van der Waals surface area contributed by atoms with Crippen LogP contribution in [0.5, 0.6) is 0 Å². The number of carboxylic acids is 1. The van der Waals surface area contributed by atoms with Crippen molar-refractivity contribution in [2.24, 2.45) is 5.92 Å². The second-order valence-corrected chi connectivity index (χ2v) is 8.12. The number of hydrogen-bond acceptors (Lipinski definition) is 4. The summed E-state index contributed by atoms with van der Waals surface area (Å²) >= 11 is 1.74. The van der Waals surface area contributed by atoms with Gasteiger partial charge in [-0.1, -0.05) is 31.2 Å². The summed E-state index contributed by atoms with van der Waals surface area (Å²) in [4.78, 5) is 18.7. The van der Waals surface area contributed by atoms with E-state index >= 15 is 0 Å². The molecule has 1 saturated heterocycles. The Kier molecular flexibility index (Phi) is 5.23. The summed E-state index contributed by atoms with van der Waals surface area (Å²) in [6.07, 6.45) is 4.58. The van der Waals surface area contributed by atoms with E-state index in [2.05, 4.69) is 53.6 Å². The third-order valence-corrected chi connectivity index (χ3v) is 6.49. The molecule has 2 atom stereocenters. The summed E-state index contributed by atoms with van der Waals surface area (Å²) < 4.78 is 1.26. The number of carboxylic acid groups (broad SMARTS) is 1. The molecule has 1 fully saturated rings. The molecule has 0 saturated carbocycles. The van der Waals surface area contributed by atoms with Crippen LogP contribution in [0.2, 0.25) is 0 Å². The maximum atomic E-state index is 11.6. The molecule has 0 spiro atoms. The molecule has 4 nitrogen and oxygen atoms in total. The lowest BCUT2D eigenvalue weighted by Crippen LogP contribution is -2.41. The normalized spacial score (nSPS) is 19.2. The van der Waals surface area contributed by atoms with Gasteiger partial charge in [-0.25, -0.2) is 0 Å². The molecular weight excluding hydrogens is 356 g/mol. The van der Waals surface area contributed by atoms with Gasteiger partial charge in [0.2, 0.25) is 0 Å². The summed E-state index contributed by atoms with van der Waals surface area (Å²) in [7, 11) is 0. The van der Waals surface area contributed by atoms with Crippen molar-refractivity contribution in [1.29, 1.82) is 0 Å². The zero-order chi connectivity index (χ0) is 18.8. The van der Waals surface area contributed by atoms with Gasteiger partial charge < -0.3 is 5.11 Å². The van der Waals surface area contributed by atoms with Crippen molar-refractivity contribution in [2.45, 2.75) is 32.2 Å². The van der Waals surface area contributed by atoms with E-state index in [4.69, 9.17) is 4.98 Å². The number of aryl methyl sites for hydroxylation is 1. The first-order chi connectivity index (χ1) is 13.2. The van der Waals surface area contributed by atoms with Crippen molar-refractivity contribution in [1.82, 2.24) is 9.88 Å². The molecule has 2 unspecified atom stereocenters. The lowest BCUT2D eigenvalue weighted by atomic mass is 9.93. The molecule has 3 heterocycles. The number of benzene rings is 1. The quantitative estimate of drug-likeness (QED) is 0.694. The molecule has 1 aliphatic heterocycles. The maximum absolute atomic E-state index is 11.6. The average Bonchev–Trinajstić information content (AvgIpc) is 3.13. The van der Waals surface area contributed by atoms with E-state index in [1.807, 2.05) is 6.20 Å². The zero-order valence-corrected chi connectivity index (χ0v) is 16.3. The SMILES string of the molecule is CCc1ccc(C(c2csc3ccccc23)N2CCCC(C(=O)O)C2)nc1. The third-order valence-electron chi connectivity index (χ3n) is 5.51. The predicted molar refractivity (Wildman–Crippen MR) is 109 cm³/mol. The smallest absolute Gasteiger partial charge is 0.307 e. The molecule has 2 aromatic heterocycles. The molecule has 0 aliphatic carbocycles. The first-order valence-corrected chi connectivity index (χ1v) is 10.4. The Labute approximate surface area is 163 Å². The summed E-state index contributed by atoms with van der Waals surface area (Å²) in [6, 6.07) is 12.7. The monoisotopic (exact) mass is 380 g/mol. The van der Waals surface area contributed by atoms with Gasteiger partial charge in [-0.2, -0.15) is 0 Å². The number of pyridine rings is 1. The van der Waals surface area contributed by atoms with Crippen LogP contribution >= 0.6 is 11.3 Å². The van der Waals surface area contributed by atoms with Gasteiger partial charge in [0.05, 0.1) is 17.7 Å². The number of hydrogen-bond donors (Lipinski definition) is 1. The Morgan fingerprint density at radius 1 is 1.33 bits per heavy atom. The molecule has 0 radical (unpaired) electrons. The molecule has 1 aliphatic rings. The van der Waals surface area contributed by atoms with Crippen LogP contribution in [-0.2, 0) is 11.2 Å². The molecule has 27 heavy (non-hydrogen) atoms. The average molecular weight is 381 g/mol. The fraction of sp³-hybridized carbons (Fsp3) is 0.364. The highest BCUT2D eigenvalue weighted by Crippen LogP contribution is 2.38. The van der Waals surface area contributed by atoms with Gasteiger partial charge in [0.25, 0.3) is 0 Å². The van der Waals surface area contributed by atoms with E-state index in [1.165, 1.54) is 21.2 Å². The van der Waals surface area contributed by atoms with Gasteiger partial charge in [0.1, 0.15) is 0 Å². The largest absolute Gasteiger partial charge is 0.481 e. The minimum atomic E-state index is -0.692. The van der Waals surface area contributed by atoms with Gasteiger partial charge in [0.15, 0.2) is 0 Å². The molecule has 3 aromatic rings. The van der Waals surface area contributed by atoms with Crippen LogP contribution in [0.25, 0.3) is 10.1 Å². The van der Waals surface area contributed by atoms with Crippen molar-refractivity contribution < 1.29 is 9.90 Å². The standard InChI is InChI=1S/C22H24N2O2S/c1-2-15-9-10-19(23-12-15)21(24-11-5-6-16(13-24)22(25)26)18-14-27-20-8-4-3-7-17(18)20/h3-4,7-10,12,14,16,21H,2,5-6,11,13H2,1H3,(H,25,26). The second-order valence-electron chi connectivity index (χ2n) is 7.21. The van der Waals surface area contributed by atoms with Gasteiger partial charge in [-0.15, -0.1) is 11.3 Å². The molecule has 0 amide bonds. The number of aromatic nitrogens is 1. The van der Waals surface area contributed by atoms with Crippen molar-refractivity contribution in [3.8, 4) is 0 Å². The molecule has 1 aromatic carbocycles. The molecule has 1 N–H and O–H groups in total.